The quantitative estimate of drug-likeness (QED) is 0.689. The van der Waals surface area contributed by atoms with E-state index in [1.165, 1.54) is 11.8 Å². The van der Waals surface area contributed by atoms with Crippen molar-refractivity contribution in [2.45, 2.75) is 32.7 Å². The van der Waals surface area contributed by atoms with Crippen LogP contribution in [0.2, 0.25) is 0 Å². The van der Waals surface area contributed by atoms with Crippen molar-refractivity contribution in [2.75, 3.05) is 6.54 Å². The van der Waals surface area contributed by atoms with Crippen LogP contribution in [0.1, 0.15) is 26.7 Å². The van der Waals surface area contributed by atoms with E-state index in [2.05, 4.69) is 0 Å². The standard InChI is InChI=1S/C9H15NO3/c1-3-7-4-5-10(6(2)11)8(7)9(12)13/h7-8H,3-5H2,1-2H3,(H,12,13)/t7-,8-/m1/s1. The van der Waals surface area contributed by atoms with Crippen LogP contribution in [0, 0.1) is 5.92 Å². The molecule has 0 unspecified atom stereocenters. The lowest BCUT2D eigenvalue weighted by molar-refractivity contribution is -0.148. The Balaban J connectivity index is 2.78. The Bertz CT molecular complexity index is 227. The fourth-order valence-corrected chi connectivity index (χ4v) is 1.97. The molecular formula is C9H15NO3. The third-order valence-corrected chi connectivity index (χ3v) is 2.70. The van der Waals surface area contributed by atoms with Gasteiger partial charge in [-0.25, -0.2) is 4.79 Å². The third-order valence-electron chi connectivity index (χ3n) is 2.70. The summed E-state index contributed by atoms with van der Waals surface area (Å²) in [5.41, 5.74) is 0. The summed E-state index contributed by atoms with van der Waals surface area (Å²) >= 11 is 0. The third kappa shape index (κ3) is 1.82. The maximum Gasteiger partial charge on any atom is 0.326 e. The minimum absolute atomic E-state index is 0.126. The molecule has 2 atom stereocenters. The van der Waals surface area contributed by atoms with Crippen LogP contribution in [0.5, 0.6) is 0 Å². The highest BCUT2D eigenvalue weighted by atomic mass is 16.4. The van der Waals surface area contributed by atoms with Crippen molar-refractivity contribution in [3.8, 4) is 0 Å². The number of carboxylic acids is 1. The van der Waals surface area contributed by atoms with Gasteiger partial charge in [0.15, 0.2) is 0 Å². The van der Waals surface area contributed by atoms with Gasteiger partial charge in [-0.3, -0.25) is 4.79 Å². The Labute approximate surface area is 77.5 Å². The summed E-state index contributed by atoms with van der Waals surface area (Å²) in [5.74, 6) is -0.885. The second-order valence-electron chi connectivity index (χ2n) is 3.45. The molecule has 1 fully saturated rings. The van der Waals surface area contributed by atoms with Gasteiger partial charge in [-0.15, -0.1) is 0 Å². The number of aliphatic carboxylic acids is 1. The molecule has 4 heteroatoms. The van der Waals surface area contributed by atoms with Crippen molar-refractivity contribution < 1.29 is 14.7 Å². The first-order valence-corrected chi connectivity index (χ1v) is 4.58. The summed E-state index contributed by atoms with van der Waals surface area (Å²) in [7, 11) is 0. The zero-order chi connectivity index (χ0) is 10.0. The molecule has 1 aliphatic heterocycles. The van der Waals surface area contributed by atoms with Crippen LogP contribution in [-0.2, 0) is 9.59 Å². The van der Waals surface area contributed by atoms with Gasteiger partial charge >= 0.3 is 5.97 Å². The van der Waals surface area contributed by atoms with Crippen LogP contribution in [0.3, 0.4) is 0 Å². The van der Waals surface area contributed by atoms with Gasteiger partial charge in [-0.05, 0) is 12.3 Å². The highest BCUT2D eigenvalue weighted by Gasteiger charge is 2.39. The minimum Gasteiger partial charge on any atom is -0.480 e. The highest BCUT2D eigenvalue weighted by Crippen LogP contribution is 2.27. The highest BCUT2D eigenvalue weighted by molar-refractivity contribution is 5.83. The maximum atomic E-state index is 11.1. The number of rotatable bonds is 2. The van der Waals surface area contributed by atoms with Crippen molar-refractivity contribution >= 4 is 11.9 Å². The van der Waals surface area contributed by atoms with Gasteiger partial charge in [0, 0.05) is 13.5 Å². The average molecular weight is 185 g/mol. The van der Waals surface area contributed by atoms with E-state index in [0.29, 0.717) is 6.54 Å². The molecule has 0 saturated carbocycles. The lowest BCUT2D eigenvalue weighted by Gasteiger charge is -2.22. The van der Waals surface area contributed by atoms with Gasteiger partial charge in [0.05, 0.1) is 0 Å². The first-order chi connectivity index (χ1) is 6.07. The molecule has 1 amide bonds. The monoisotopic (exact) mass is 185 g/mol. The van der Waals surface area contributed by atoms with Gasteiger partial charge in [-0.2, -0.15) is 0 Å². The van der Waals surface area contributed by atoms with E-state index in [-0.39, 0.29) is 11.8 Å². The minimum atomic E-state index is -0.875. The molecule has 1 heterocycles. The smallest absolute Gasteiger partial charge is 0.326 e. The maximum absolute atomic E-state index is 11.1. The number of carboxylic acid groups (broad SMARTS) is 1. The molecule has 0 aromatic heterocycles. The molecule has 0 aromatic rings. The molecule has 13 heavy (non-hydrogen) atoms. The fourth-order valence-electron chi connectivity index (χ4n) is 1.97. The van der Waals surface area contributed by atoms with Crippen molar-refractivity contribution in [1.29, 1.82) is 0 Å². The summed E-state index contributed by atoms with van der Waals surface area (Å²) < 4.78 is 0. The summed E-state index contributed by atoms with van der Waals surface area (Å²) in [5, 5.41) is 8.94. The Morgan fingerprint density at radius 2 is 2.15 bits per heavy atom. The largest absolute Gasteiger partial charge is 0.480 e. The molecule has 4 nitrogen and oxygen atoms in total. The predicted molar refractivity (Wildman–Crippen MR) is 47.2 cm³/mol. The normalized spacial score (nSPS) is 27.7. The zero-order valence-corrected chi connectivity index (χ0v) is 7.99. The molecule has 0 aliphatic carbocycles. The van der Waals surface area contributed by atoms with E-state index in [1.54, 1.807) is 0 Å². The molecule has 0 radical (unpaired) electrons. The molecule has 0 aromatic carbocycles. The predicted octanol–water partition coefficient (Wildman–Crippen LogP) is 0.718. The SMILES string of the molecule is CC[C@@H]1CCN(C(C)=O)[C@H]1C(=O)O. The molecule has 74 valence electrons. The van der Waals surface area contributed by atoms with Gasteiger partial charge < -0.3 is 10.0 Å². The van der Waals surface area contributed by atoms with E-state index < -0.39 is 12.0 Å². The number of amides is 1. The Hall–Kier alpha value is -1.06. The summed E-state index contributed by atoms with van der Waals surface area (Å²) in [6.07, 6.45) is 1.63. The van der Waals surface area contributed by atoms with Crippen molar-refractivity contribution in [3.63, 3.8) is 0 Å². The lowest BCUT2D eigenvalue weighted by atomic mass is 9.98. The van der Waals surface area contributed by atoms with Crippen LogP contribution >= 0.6 is 0 Å². The first-order valence-electron chi connectivity index (χ1n) is 4.58. The van der Waals surface area contributed by atoms with Gasteiger partial charge in [0.2, 0.25) is 5.91 Å². The van der Waals surface area contributed by atoms with E-state index in [4.69, 9.17) is 5.11 Å². The molecule has 1 N–H and O–H groups in total. The van der Waals surface area contributed by atoms with E-state index in [0.717, 1.165) is 12.8 Å². The second kappa shape index (κ2) is 3.77. The molecule has 1 saturated heterocycles. The van der Waals surface area contributed by atoms with Crippen LogP contribution in [-0.4, -0.2) is 34.5 Å². The van der Waals surface area contributed by atoms with Gasteiger partial charge in [-0.1, -0.05) is 13.3 Å². The Kier molecular flexibility index (Phi) is 2.90. The lowest BCUT2D eigenvalue weighted by Crippen LogP contribution is -2.42. The number of hydrogen-bond donors (Lipinski definition) is 1. The van der Waals surface area contributed by atoms with Crippen LogP contribution in [0.25, 0.3) is 0 Å². The number of nitrogens with zero attached hydrogens (tertiary/aromatic N) is 1. The summed E-state index contributed by atoms with van der Waals surface area (Å²) in [6, 6.07) is -0.595. The van der Waals surface area contributed by atoms with Crippen LogP contribution in [0.15, 0.2) is 0 Å². The van der Waals surface area contributed by atoms with Crippen molar-refractivity contribution in [2.24, 2.45) is 5.92 Å². The number of carbonyl (C=O) groups excluding carboxylic acids is 1. The van der Waals surface area contributed by atoms with Crippen LogP contribution < -0.4 is 0 Å². The Morgan fingerprint density at radius 3 is 2.54 bits per heavy atom. The summed E-state index contributed by atoms with van der Waals surface area (Å²) in [6.45, 7) is 3.98. The number of likely N-dealkylation sites (tertiary alicyclic amines) is 1. The number of carbonyl (C=O) groups is 2. The van der Waals surface area contributed by atoms with Gasteiger partial charge in [0.25, 0.3) is 0 Å². The number of hydrogen-bond acceptors (Lipinski definition) is 2. The molecule has 0 bridgehead atoms. The van der Waals surface area contributed by atoms with E-state index >= 15 is 0 Å². The van der Waals surface area contributed by atoms with Crippen molar-refractivity contribution in [3.05, 3.63) is 0 Å². The molecule has 1 rings (SSSR count). The average Bonchev–Trinajstić information content (AvgIpc) is 2.46. The molecular weight excluding hydrogens is 170 g/mol. The summed E-state index contributed by atoms with van der Waals surface area (Å²) in [4.78, 5) is 23.4. The topological polar surface area (TPSA) is 57.6 Å². The first kappa shape index (κ1) is 10.0. The zero-order valence-electron chi connectivity index (χ0n) is 7.99. The van der Waals surface area contributed by atoms with E-state index in [9.17, 15) is 9.59 Å². The fraction of sp³-hybridized carbons (Fsp3) is 0.778. The molecule has 0 spiro atoms. The van der Waals surface area contributed by atoms with E-state index in [1.807, 2.05) is 6.92 Å². The van der Waals surface area contributed by atoms with Crippen molar-refractivity contribution in [1.82, 2.24) is 4.90 Å². The van der Waals surface area contributed by atoms with Crippen LogP contribution in [0.4, 0.5) is 0 Å². The molecule has 1 aliphatic rings. The Morgan fingerprint density at radius 1 is 1.54 bits per heavy atom. The van der Waals surface area contributed by atoms with Gasteiger partial charge in [0.1, 0.15) is 6.04 Å². The second-order valence-corrected chi connectivity index (χ2v) is 3.45.